The molecule has 0 aliphatic rings. The molecule has 0 aliphatic heterocycles. The molecule has 0 radical (unpaired) electrons. The lowest BCUT2D eigenvalue weighted by atomic mass is 9.87. The van der Waals surface area contributed by atoms with Crippen LogP contribution >= 0.6 is 0 Å². The summed E-state index contributed by atoms with van der Waals surface area (Å²) in [5.74, 6) is -0.116. The first-order chi connectivity index (χ1) is 19.0. The van der Waals surface area contributed by atoms with Crippen LogP contribution in [0, 0.1) is 0 Å². The van der Waals surface area contributed by atoms with Crippen molar-refractivity contribution in [2.75, 3.05) is 22.6 Å². The average Bonchev–Trinajstić information content (AvgIpc) is 2.89. The van der Waals surface area contributed by atoms with Crippen molar-refractivity contribution in [3.63, 3.8) is 0 Å². The summed E-state index contributed by atoms with van der Waals surface area (Å²) in [4.78, 5) is 47.3. The largest absolute Gasteiger partial charge is 0.457 e. The van der Waals surface area contributed by atoms with Gasteiger partial charge in [-0.1, -0.05) is 32.9 Å². The summed E-state index contributed by atoms with van der Waals surface area (Å²) in [5.41, 5.74) is 3.01. The highest BCUT2D eigenvalue weighted by molar-refractivity contribution is 5.94. The van der Waals surface area contributed by atoms with E-state index < -0.39 is 18.5 Å². The molecule has 9 heteroatoms. The second-order valence-electron chi connectivity index (χ2n) is 10.3. The van der Waals surface area contributed by atoms with Crippen molar-refractivity contribution in [2.24, 2.45) is 0 Å². The van der Waals surface area contributed by atoms with E-state index in [2.05, 4.69) is 36.7 Å². The Morgan fingerprint density at radius 1 is 0.650 bits per heavy atom. The van der Waals surface area contributed by atoms with Crippen LogP contribution in [0.3, 0.4) is 0 Å². The molecule has 210 valence electrons. The molecule has 0 saturated carbocycles. The zero-order chi connectivity index (χ0) is 29.1. The Hall–Kier alpha value is -4.66. The van der Waals surface area contributed by atoms with Gasteiger partial charge in [-0.3, -0.25) is 19.2 Å². The molecule has 0 fully saturated rings. The SMILES string of the molecule is CC(=O)Nc1ccc(NC(=O)COC(=O)CCCC(=O)Nc2ccc(Oc3ccc(C(C)(C)C)cc3)cc2)cc1. The van der Waals surface area contributed by atoms with Crippen LogP contribution in [0.2, 0.25) is 0 Å². The van der Waals surface area contributed by atoms with Crippen molar-refractivity contribution in [3.8, 4) is 11.5 Å². The topological polar surface area (TPSA) is 123 Å². The number of hydrogen-bond acceptors (Lipinski definition) is 6. The number of rotatable bonds is 11. The van der Waals surface area contributed by atoms with Crippen LogP contribution in [0.5, 0.6) is 11.5 Å². The molecule has 0 atom stereocenters. The summed E-state index contributed by atoms with van der Waals surface area (Å²) in [6, 6.07) is 21.5. The lowest BCUT2D eigenvalue weighted by Crippen LogP contribution is -2.21. The summed E-state index contributed by atoms with van der Waals surface area (Å²) in [5, 5.41) is 8.02. The fraction of sp³-hybridized carbons (Fsp3) is 0.290. The van der Waals surface area contributed by atoms with E-state index in [1.165, 1.54) is 12.5 Å². The van der Waals surface area contributed by atoms with Crippen molar-refractivity contribution in [2.45, 2.75) is 52.4 Å². The first-order valence-electron chi connectivity index (χ1n) is 13.0. The first kappa shape index (κ1) is 29.9. The maximum absolute atomic E-state index is 12.3. The highest BCUT2D eigenvalue weighted by Gasteiger charge is 2.13. The molecule has 3 amide bonds. The number of ether oxygens (including phenoxy) is 2. The quantitative estimate of drug-likeness (QED) is 0.253. The summed E-state index contributed by atoms with van der Waals surface area (Å²) in [6.07, 6.45) is 0.413. The molecular weight excluding hydrogens is 510 g/mol. The minimum absolute atomic E-state index is 0.00684. The van der Waals surface area contributed by atoms with Crippen molar-refractivity contribution in [1.82, 2.24) is 0 Å². The minimum atomic E-state index is -0.569. The van der Waals surface area contributed by atoms with Crippen LogP contribution in [0.4, 0.5) is 17.1 Å². The van der Waals surface area contributed by atoms with E-state index in [4.69, 9.17) is 9.47 Å². The number of carbonyl (C=O) groups is 4. The van der Waals surface area contributed by atoms with E-state index in [0.29, 0.717) is 22.8 Å². The lowest BCUT2D eigenvalue weighted by molar-refractivity contribution is -0.147. The summed E-state index contributed by atoms with van der Waals surface area (Å²) < 4.78 is 10.9. The Morgan fingerprint density at radius 2 is 1.12 bits per heavy atom. The standard InChI is InChI=1S/C31H35N3O6/c1-21(35)32-23-10-12-24(13-11-23)34-29(37)20-39-30(38)7-5-6-28(36)33-25-14-18-27(19-15-25)40-26-16-8-22(9-17-26)31(2,3)4/h8-19H,5-7,20H2,1-4H3,(H,32,35)(H,33,36)(H,34,37). The van der Waals surface area contributed by atoms with E-state index in [0.717, 1.165) is 5.75 Å². The van der Waals surface area contributed by atoms with Crippen LogP contribution in [-0.2, 0) is 29.3 Å². The van der Waals surface area contributed by atoms with Gasteiger partial charge in [0.1, 0.15) is 11.5 Å². The molecule has 0 aromatic heterocycles. The highest BCUT2D eigenvalue weighted by Crippen LogP contribution is 2.27. The Morgan fingerprint density at radius 3 is 1.65 bits per heavy atom. The van der Waals surface area contributed by atoms with Crippen LogP contribution in [0.25, 0.3) is 0 Å². The molecule has 9 nitrogen and oxygen atoms in total. The smallest absolute Gasteiger partial charge is 0.306 e. The fourth-order valence-corrected chi connectivity index (χ4v) is 3.64. The maximum Gasteiger partial charge on any atom is 0.306 e. The Kier molecular flexibility index (Phi) is 10.4. The molecule has 0 bridgehead atoms. The van der Waals surface area contributed by atoms with E-state index in [1.54, 1.807) is 48.5 Å². The number of benzene rings is 3. The zero-order valence-corrected chi connectivity index (χ0v) is 23.2. The van der Waals surface area contributed by atoms with Gasteiger partial charge in [0, 0.05) is 36.8 Å². The van der Waals surface area contributed by atoms with E-state index in [-0.39, 0.29) is 36.5 Å². The fourth-order valence-electron chi connectivity index (χ4n) is 3.64. The van der Waals surface area contributed by atoms with Crippen LogP contribution in [0.15, 0.2) is 72.8 Å². The van der Waals surface area contributed by atoms with Gasteiger partial charge in [0.15, 0.2) is 6.61 Å². The van der Waals surface area contributed by atoms with Crippen molar-refractivity contribution in [3.05, 3.63) is 78.4 Å². The Balaban J connectivity index is 1.33. The second kappa shape index (κ2) is 13.9. The number of amides is 3. The van der Waals surface area contributed by atoms with Crippen LogP contribution < -0.4 is 20.7 Å². The average molecular weight is 546 g/mol. The highest BCUT2D eigenvalue weighted by atomic mass is 16.5. The Labute approximate surface area is 234 Å². The van der Waals surface area contributed by atoms with Crippen molar-refractivity contribution < 1.29 is 28.7 Å². The predicted molar refractivity (Wildman–Crippen MR) is 154 cm³/mol. The first-order valence-corrected chi connectivity index (χ1v) is 13.0. The van der Waals surface area contributed by atoms with Crippen molar-refractivity contribution >= 4 is 40.8 Å². The van der Waals surface area contributed by atoms with Gasteiger partial charge in [0.2, 0.25) is 11.8 Å². The van der Waals surface area contributed by atoms with Gasteiger partial charge in [-0.05, 0) is 78.1 Å². The van der Waals surface area contributed by atoms with Gasteiger partial charge in [-0.2, -0.15) is 0 Å². The monoisotopic (exact) mass is 545 g/mol. The Bertz CT molecular complexity index is 1310. The molecule has 3 aromatic carbocycles. The number of hydrogen-bond donors (Lipinski definition) is 3. The van der Waals surface area contributed by atoms with Gasteiger partial charge in [0.25, 0.3) is 5.91 Å². The molecule has 3 rings (SSSR count). The van der Waals surface area contributed by atoms with Gasteiger partial charge in [-0.15, -0.1) is 0 Å². The minimum Gasteiger partial charge on any atom is -0.457 e. The molecule has 0 spiro atoms. The normalized spacial score (nSPS) is 10.8. The molecule has 3 N–H and O–H groups in total. The second-order valence-corrected chi connectivity index (χ2v) is 10.3. The molecule has 0 aliphatic carbocycles. The van der Waals surface area contributed by atoms with Crippen LogP contribution in [0.1, 0.15) is 52.5 Å². The summed E-state index contributed by atoms with van der Waals surface area (Å²) >= 11 is 0. The number of anilines is 3. The molecule has 0 heterocycles. The van der Waals surface area contributed by atoms with Crippen LogP contribution in [-0.4, -0.2) is 30.3 Å². The maximum atomic E-state index is 12.3. The predicted octanol–water partition coefficient (Wildman–Crippen LogP) is 6.03. The lowest BCUT2D eigenvalue weighted by Gasteiger charge is -2.19. The molecule has 3 aromatic rings. The van der Waals surface area contributed by atoms with E-state index >= 15 is 0 Å². The van der Waals surface area contributed by atoms with Gasteiger partial charge in [-0.25, -0.2) is 0 Å². The van der Waals surface area contributed by atoms with E-state index in [9.17, 15) is 19.2 Å². The van der Waals surface area contributed by atoms with Crippen molar-refractivity contribution in [1.29, 1.82) is 0 Å². The van der Waals surface area contributed by atoms with Gasteiger partial charge >= 0.3 is 5.97 Å². The summed E-state index contributed by atoms with van der Waals surface area (Å²) in [7, 11) is 0. The van der Waals surface area contributed by atoms with Gasteiger partial charge in [0.05, 0.1) is 0 Å². The summed E-state index contributed by atoms with van der Waals surface area (Å²) in [6.45, 7) is 7.43. The number of carbonyl (C=O) groups excluding carboxylic acids is 4. The number of esters is 1. The molecule has 0 unspecified atom stereocenters. The third kappa shape index (κ3) is 10.2. The third-order valence-corrected chi connectivity index (χ3v) is 5.73. The van der Waals surface area contributed by atoms with E-state index in [1.807, 2.05) is 24.3 Å². The molecular formula is C31H35N3O6. The zero-order valence-electron chi connectivity index (χ0n) is 23.2. The van der Waals surface area contributed by atoms with Gasteiger partial charge < -0.3 is 25.4 Å². The molecule has 0 saturated heterocycles. The third-order valence-electron chi connectivity index (χ3n) is 5.73. The number of nitrogens with one attached hydrogen (secondary N) is 3. The molecule has 40 heavy (non-hydrogen) atoms.